The Hall–Kier alpha value is -4.58. The fourth-order valence-electron chi connectivity index (χ4n) is 3.52. The molecule has 0 aliphatic heterocycles. The van der Waals surface area contributed by atoms with Crippen molar-refractivity contribution in [3.63, 3.8) is 0 Å². The van der Waals surface area contributed by atoms with Crippen LogP contribution in [0.3, 0.4) is 0 Å². The highest BCUT2D eigenvalue weighted by Crippen LogP contribution is 2.33. The molecule has 35 heavy (non-hydrogen) atoms. The van der Waals surface area contributed by atoms with Gasteiger partial charge in [0, 0.05) is 35.2 Å². The Morgan fingerprint density at radius 3 is 2.60 bits per heavy atom. The van der Waals surface area contributed by atoms with Gasteiger partial charge in [0.15, 0.2) is 11.5 Å². The van der Waals surface area contributed by atoms with Crippen molar-refractivity contribution >= 4 is 23.6 Å². The summed E-state index contributed by atoms with van der Waals surface area (Å²) in [6.45, 7) is 0. The minimum absolute atomic E-state index is 0.0493. The second kappa shape index (κ2) is 10.1. The number of methoxy groups -OCH3 is 2. The van der Waals surface area contributed by atoms with Crippen molar-refractivity contribution in [2.24, 2.45) is 5.92 Å². The van der Waals surface area contributed by atoms with Gasteiger partial charge < -0.3 is 20.9 Å². The number of rotatable bonds is 6. The standard InChI is InChI=1S/C26H25N5O4/c1-34-21-13-16(12-20-14-29-26(28)30-23(20)27)11-18(22(21)35-2)7-6-15-4-3-5-19(10-15)25(33)31-24(32)17-8-9-17/h3-5,10-11,13-14,17H,8-9,12H2,1-2H3,(H,31,32,33)(H4,27,28,29,30). The Kier molecular flexibility index (Phi) is 6.83. The summed E-state index contributed by atoms with van der Waals surface area (Å²) in [5.41, 5.74) is 14.7. The lowest BCUT2D eigenvalue weighted by Gasteiger charge is -2.13. The number of aromatic nitrogens is 2. The number of nitrogen functional groups attached to an aromatic ring is 2. The molecule has 0 saturated heterocycles. The minimum atomic E-state index is -0.435. The van der Waals surface area contributed by atoms with Gasteiger partial charge in [-0.2, -0.15) is 4.98 Å². The average molecular weight is 472 g/mol. The first-order valence-electron chi connectivity index (χ1n) is 11.0. The number of anilines is 2. The molecular formula is C26H25N5O4. The van der Waals surface area contributed by atoms with E-state index in [0.717, 1.165) is 18.4 Å². The third kappa shape index (κ3) is 5.68. The molecule has 1 aliphatic rings. The fourth-order valence-corrected chi connectivity index (χ4v) is 3.52. The Labute approximate surface area is 202 Å². The van der Waals surface area contributed by atoms with Crippen LogP contribution in [-0.2, 0) is 11.2 Å². The van der Waals surface area contributed by atoms with E-state index < -0.39 is 5.91 Å². The zero-order chi connectivity index (χ0) is 24.9. The highest BCUT2D eigenvalue weighted by Gasteiger charge is 2.30. The Morgan fingerprint density at radius 1 is 1.11 bits per heavy atom. The largest absolute Gasteiger partial charge is 0.493 e. The molecule has 2 aromatic carbocycles. The smallest absolute Gasteiger partial charge is 0.257 e. The predicted octanol–water partition coefficient (Wildman–Crippen LogP) is 2.32. The maximum absolute atomic E-state index is 12.4. The van der Waals surface area contributed by atoms with Crippen molar-refractivity contribution in [3.05, 3.63) is 70.4 Å². The number of nitrogens with one attached hydrogen (secondary N) is 1. The molecule has 3 aromatic rings. The van der Waals surface area contributed by atoms with Crippen LogP contribution in [0.25, 0.3) is 0 Å². The number of amides is 2. The average Bonchev–Trinajstić information content (AvgIpc) is 3.70. The van der Waals surface area contributed by atoms with Crippen LogP contribution in [-0.4, -0.2) is 36.0 Å². The van der Waals surface area contributed by atoms with Crippen LogP contribution < -0.4 is 26.3 Å². The fraction of sp³-hybridized carbons (Fsp3) is 0.231. The summed E-state index contributed by atoms with van der Waals surface area (Å²) in [5, 5.41) is 2.44. The normalized spacial score (nSPS) is 12.3. The van der Waals surface area contributed by atoms with E-state index in [0.29, 0.717) is 46.0 Å². The van der Waals surface area contributed by atoms with Gasteiger partial charge in [-0.3, -0.25) is 14.9 Å². The number of nitrogens with zero attached hydrogens (tertiary/aromatic N) is 2. The van der Waals surface area contributed by atoms with Crippen LogP contribution >= 0.6 is 0 Å². The van der Waals surface area contributed by atoms with Crippen molar-refractivity contribution in [1.82, 2.24) is 15.3 Å². The van der Waals surface area contributed by atoms with Gasteiger partial charge in [0.25, 0.3) is 5.91 Å². The van der Waals surface area contributed by atoms with Gasteiger partial charge in [0.05, 0.1) is 19.8 Å². The van der Waals surface area contributed by atoms with Crippen molar-refractivity contribution < 1.29 is 19.1 Å². The molecule has 1 saturated carbocycles. The van der Waals surface area contributed by atoms with E-state index in [1.807, 2.05) is 12.1 Å². The van der Waals surface area contributed by atoms with Gasteiger partial charge in [-0.15, -0.1) is 0 Å². The molecule has 1 heterocycles. The van der Waals surface area contributed by atoms with E-state index in [9.17, 15) is 9.59 Å². The van der Waals surface area contributed by atoms with Crippen LogP contribution in [0.2, 0.25) is 0 Å². The molecule has 0 spiro atoms. The summed E-state index contributed by atoms with van der Waals surface area (Å²) in [5.74, 6) is 6.86. The second-order valence-corrected chi connectivity index (χ2v) is 8.12. The summed E-state index contributed by atoms with van der Waals surface area (Å²) >= 11 is 0. The lowest BCUT2D eigenvalue weighted by Crippen LogP contribution is -2.31. The van der Waals surface area contributed by atoms with E-state index in [1.54, 1.807) is 37.6 Å². The molecule has 1 aromatic heterocycles. The molecule has 1 fully saturated rings. The number of carbonyl (C=O) groups is 2. The summed E-state index contributed by atoms with van der Waals surface area (Å²) < 4.78 is 11.0. The highest BCUT2D eigenvalue weighted by atomic mass is 16.5. The highest BCUT2D eigenvalue weighted by molar-refractivity contribution is 6.05. The van der Waals surface area contributed by atoms with Crippen LogP contribution in [0.4, 0.5) is 11.8 Å². The number of benzene rings is 2. The van der Waals surface area contributed by atoms with Gasteiger partial charge in [0.1, 0.15) is 5.82 Å². The molecule has 5 N–H and O–H groups in total. The van der Waals surface area contributed by atoms with Crippen LogP contribution in [0, 0.1) is 17.8 Å². The summed E-state index contributed by atoms with van der Waals surface area (Å²) in [6, 6.07) is 10.5. The maximum atomic E-state index is 12.4. The minimum Gasteiger partial charge on any atom is -0.493 e. The van der Waals surface area contributed by atoms with Crippen molar-refractivity contribution in [3.8, 4) is 23.3 Å². The summed E-state index contributed by atoms with van der Waals surface area (Å²) in [4.78, 5) is 32.3. The van der Waals surface area contributed by atoms with Gasteiger partial charge >= 0.3 is 0 Å². The molecule has 0 radical (unpaired) electrons. The van der Waals surface area contributed by atoms with Crippen molar-refractivity contribution in [2.45, 2.75) is 19.3 Å². The Bertz CT molecular complexity index is 1360. The first-order valence-corrected chi connectivity index (χ1v) is 11.0. The van der Waals surface area contributed by atoms with Gasteiger partial charge in [0.2, 0.25) is 11.9 Å². The quantitative estimate of drug-likeness (QED) is 0.367. The number of carbonyl (C=O) groups excluding carboxylic acids is 2. The summed E-state index contributed by atoms with van der Waals surface area (Å²) in [7, 11) is 3.08. The molecule has 1 aliphatic carbocycles. The molecule has 9 nitrogen and oxygen atoms in total. The zero-order valence-corrected chi connectivity index (χ0v) is 19.4. The number of hydrogen-bond donors (Lipinski definition) is 3. The van der Waals surface area contributed by atoms with E-state index in [1.165, 1.54) is 7.11 Å². The molecule has 0 unspecified atom stereocenters. The molecular weight excluding hydrogens is 446 g/mol. The summed E-state index contributed by atoms with van der Waals surface area (Å²) in [6.07, 6.45) is 3.68. The van der Waals surface area contributed by atoms with E-state index in [-0.39, 0.29) is 17.8 Å². The molecule has 0 atom stereocenters. The Balaban J connectivity index is 1.62. The third-order valence-corrected chi connectivity index (χ3v) is 5.50. The topological polar surface area (TPSA) is 142 Å². The molecule has 2 amide bonds. The Morgan fingerprint density at radius 2 is 1.91 bits per heavy atom. The lowest BCUT2D eigenvalue weighted by molar-refractivity contribution is -0.121. The van der Waals surface area contributed by atoms with Gasteiger partial charge in [-0.1, -0.05) is 17.9 Å². The zero-order valence-electron chi connectivity index (χ0n) is 19.4. The van der Waals surface area contributed by atoms with E-state index in [2.05, 4.69) is 27.1 Å². The van der Waals surface area contributed by atoms with E-state index in [4.69, 9.17) is 20.9 Å². The molecule has 0 bridgehead atoms. The van der Waals surface area contributed by atoms with Crippen LogP contribution in [0.1, 0.15) is 45.5 Å². The maximum Gasteiger partial charge on any atom is 0.257 e. The number of imide groups is 1. The number of nitrogens with two attached hydrogens (primary N) is 2. The van der Waals surface area contributed by atoms with Gasteiger partial charge in [-0.25, -0.2) is 4.98 Å². The first kappa shape index (κ1) is 23.6. The van der Waals surface area contributed by atoms with Crippen molar-refractivity contribution in [2.75, 3.05) is 25.7 Å². The second-order valence-electron chi connectivity index (χ2n) is 8.12. The molecule has 9 heteroatoms. The first-order chi connectivity index (χ1) is 16.9. The van der Waals surface area contributed by atoms with Crippen LogP contribution in [0.5, 0.6) is 11.5 Å². The molecule has 4 rings (SSSR count). The number of hydrogen-bond acceptors (Lipinski definition) is 8. The number of ether oxygens (including phenoxy) is 2. The van der Waals surface area contributed by atoms with Crippen molar-refractivity contribution in [1.29, 1.82) is 0 Å². The lowest BCUT2D eigenvalue weighted by atomic mass is 10.0. The van der Waals surface area contributed by atoms with Gasteiger partial charge in [-0.05, 0) is 48.7 Å². The molecule has 178 valence electrons. The van der Waals surface area contributed by atoms with E-state index >= 15 is 0 Å². The SMILES string of the molecule is COc1cc(Cc2cnc(N)nc2N)cc(C#Cc2cccc(C(=O)NC(=O)C3CC3)c2)c1OC. The van der Waals surface area contributed by atoms with Crippen LogP contribution in [0.15, 0.2) is 42.6 Å². The predicted molar refractivity (Wildman–Crippen MR) is 131 cm³/mol. The monoisotopic (exact) mass is 471 g/mol. The third-order valence-electron chi connectivity index (χ3n) is 5.50.